The maximum atomic E-state index is 13.7. The van der Waals surface area contributed by atoms with Crippen molar-refractivity contribution in [3.8, 4) is 5.75 Å². The topological polar surface area (TPSA) is 129 Å². The zero-order valence-electron chi connectivity index (χ0n) is 21.8. The Morgan fingerprint density at radius 3 is 2.57 bits per heavy atom. The average molecular weight is 520 g/mol. The van der Waals surface area contributed by atoms with E-state index in [1.54, 1.807) is 0 Å². The molecule has 0 radical (unpaired) electrons. The molecule has 0 spiro atoms. The van der Waals surface area contributed by atoms with Crippen LogP contribution in [0, 0.1) is 11.3 Å². The molecule has 10 nitrogen and oxygen atoms in total. The zero-order valence-corrected chi connectivity index (χ0v) is 21.8. The van der Waals surface area contributed by atoms with E-state index in [4.69, 9.17) is 29.3 Å². The second-order valence-corrected chi connectivity index (χ2v) is 10.0. The summed E-state index contributed by atoms with van der Waals surface area (Å²) in [6.07, 6.45) is 5.38. The highest BCUT2D eigenvalue weighted by atomic mass is 16.5. The third kappa shape index (κ3) is 7.21. The lowest BCUT2D eigenvalue weighted by Gasteiger charge is -2.53. The van der Waals surface area contributed by atoms with Crippen molar-refractivity contribution < 1.29 is 34.1 Å². The highest BCUT2D eigenvalue weighted by molar-refractivity contribution is 5.83. The van der Waals surface area contributed by atoms with Gasteiger partial charge in [0.05, 0.1) is 25.2 Å². The second-order valence-electron chi connectivity index (χ2n) is 10.0. The van der Waals surface area contributed by atoms with Crippen LogP contribution in [0.3, 0.4) is 0 Å². The van der Waals surface area contributed by atoms with E-state index >= 15 is 0 Å². The molecule has 3 heterocycles. The first-order valence-electron chi connectivity index (χ1n) is 13.2. The number of morpholine rings is 1. The smallest absolute Gasteiger partial charge is 0.290 e. The molecule has 1 amide bonds. The number of carbonyl (C=O) groups excluding carboxylic acids is 1. The normalized spacial score (nSPS) is 27.1. The van der Waals surface area contributed by atoms with Crippen LogP contribution in [-0.4, -0.2) is 97.5 Å². The summed E-state index contributed by atoms with van der Waals surface area (Å²) in [5, 5.41) is 17.1. The molecule has 4 aliphatic rings. The lowest BCUT2D eigenvalue weighted by atomic mass is 9.61. The molecule has 3 aliphatic heterocycles. The van der Waals surface area contributed by atoms with E-state index in [0.29, 0.717) is 18.5 Å². The first-order chi connectivity index (χ1) is 18.0. The fraction of sp³-hybridized carbons (Fsp3) is 0.667. The van der Waals surface area contributed by atoms with Crippen LogP contribution in [0.1, 0.15) is 43.7 Å². The predicted octanol–water partition coefficient (Wildman–Crippen LogP) is 1.85. The zero-order chi connectivity index (χ0) is 26.7. The number of hydrogen-bond acceptors (Lipinski definition) is 7. The van der Waals surface area contributed by atoms with Crippen LogP contribution in [0.5, 0.6) is 5.75 Å². The number of amides is 1. The Hall–Kier alpha value is -2.69. The summed E-state index contributed by atoms with van der Waals surface area (Å²) in [5.74, 6) is 1.75. The van der Waals surface area contributed by atoms with Crippen LogP contribution in [0.15, 0.2) is 18.2 Å². The summed E-state index contributed by atoms with van der Waals surface area (Å²) in [6, 6.07) is 6.96. The van der Waals surface area contributed by atoms with Gasteiger partial charge in [0, 0.05) is 38.6 Å². The minimum atomic E-state index is -0.250. The number of piperidine rings is 1. The first kappa shape index (κ1) is 28.9. The van der Waals surface area contributed by atoms with Gasteiger partial charge in [-0.1, -0.05) is 19.1 Å². The van der Waals surface area contributed by atoms with Crippen molar-refractivity contribution in [3.63, 3.8) is 0 Å². The number of hydrogen-bond donors (Lipinski definition) is 3. The van der Waals surface area contributed by atoms with Gasteiger partial charge in [-0.05, 0) is 61.9 Å². The van der Waals surface area contributed by atoms with Crippen LogP contribution in [0.4, 0.5) is 0 Å². The Morgan fingerprint density at radius 1 is 1.14 bits per heavy atom. The average Bonchev–Trinajstić information content (AvgIpc) is 3.40. The fourth-order valence-corrected chi connectivity index (χ4v) is 6.34. The predicted molar refractivity (Wildman–Crippen MR) is 138 cm³/mol. The molecule has 1 aromatic carbocycles. The van der Waals surface area contributed by atoms with Gasteiger partial charge in [-0.25, -0.2) is 0 Å². The van der Waals surface area contributed by atoms with Crippen molar-refractivity contribution in [2.75, 3.05) is 52.5 Å². The molecule has 2 saturated heterocycles. The van der Waals surface area contributed by atoms with Crippen LogP contribution in [0.25, 0.3) is 0 Å². The number of rotatable bonds is 5. The maximum absolute atomic E-state index is 13.7. The minimum Gasteiger partial charge on any atom is -0.493 e. The van der Waals surface area contributed by atoms with Crippen molar-refractivity contribution in [1.82, 2.24) is 15.1 Å². The van der Waals surface area contributed by atoms with Crippen molar-refractivity contribution in [3.05, 3.63) is 29.3 Å². The number of likely N-dealkylation sites (tertiary alicyclic amines) is 1. The Bertz CT molecular complexity index is 887. The van der Waals surface area contributed by atoms with Gasteiger partial charge in [0.25, 0.3) is 12.9 Å². The van der Waals surface area contributed by atoms with Crippen molar-refractivity contribution in [2.24, 2.45) is 11.3 Å². The number of nitrogens with one attached hydrogen (secondary N) is 1. The molecule has 1 aromatic rings. The molecule has 5 rings (SSSR count). The molecule has 3 fully saturated rings. The van der Waals surface area contributed by atoms with Gasteiger partial charge in [-0.15, -0.1) is 0 Å². The molecule has 0 bridgehead atoms. The van der Waals surface area contributed by atoms with Gasteiger partial charge in [0.2, 0.25) is 5.91 Å². The number of ether oxygens (including phenoxy) is 2. The molecule has 10 heteroatoms. The summed E-state index contributed by atoms with van der Waals surface area (Å²) < 4.78 is 11.2. The third-order valence-electron chi connectivity index (χ3n) is 8.23. The molecule has 0 aromatic heterocycles. The lowest BCUT2D eigenvalue weighted by molar-refractivity contribution is -0.145. The van der Waals surface area contributed by atoms with Crippen LogP contribution in [0.2, 0.25) is 0 Å². The number of carboxylic acid groups (broad SMARTS) is 2. The lowest BCUT2D eigenvalue weighted by Crippen LogP contribution is -2.60. The van der Waals surface area contributed by atoms with Crippen LogP contribution >= 0.6 is 0 Å². The molecular formula is C27H41N3O7. The van der Waals surface area contributed by atoms with E-state index in [-0.39, 0.29) is 24.3 Å². The molecular weight excluding hydrogens is 478 g/mol. The standard InChI is InChI=1S/C25H37N3O3.2CH2O2/c1-2-27-9-6-21-16-22(28-10-13-30-14-11-28)5-8-25(21,18-27)24(29)26-17-19-3-4-23-20(15-19)7-12-31-23;2*2-1-3/h3-4,15,21-22H,2,5-14,16-18H2,1H3,(H,26,29);2*1H,(H,2,3)/t21-,22+,25-;;/m1../s1. The van der Waals surface area contributed by atoms with E-state index in [9.17, 15) is 4.79 Å². The fourth-order valence-electron chi connectivity index (χ4n) is 6.34. The summed E-state index contributed by atoms with van der Waals surface area (Å²) in [5.41, 5.74) is 2.20. The van der Waals surface area contributed by atoms with Crippen LogP contribution in [-0.2, 0) is 32.1 Å². The SMILES string of the molecule is CCN1CC[C@@H]2C[C@@H](N3CCOCC3)CC[C@@]2(C(=O)NCc2ccc3c(c2)CCO3)C1.O=CO.O=CO. The van der Waals surface area contributed by atoms with Gasteiger partial charge in [0.15, 0.2) is 0 Å². The molecule has 206 valence electrons. The number of carbonyl (C=O) groups is 3. The first-order valence-corrected chi connectivity index (χ1v) is 13.2. The second kappa shape index (κ2) is 14.3. The Kier molecular flexibility index (Phi) is 11.2. The minimum absolute atomic E-state index is 0.239. The number of nitrogens with zero attached hydrogens (tertiary/aromatic N) is 2. The summed E-state index contributed by atoms with van der Waals surface area (Å²) in [6.45, 7) is 9.94. The van der Waals surface area contributed by atoms with E-state index < -0.39 is 0 Å². The van der Waals surface area contributed by atoms with E-state index in [0.717, 1.165) is 90.4 Å². The highest BCUT2D eigenvalue weighted by Crippen LogP contribution is 2.48. The van der Waals surface area contributed by atoms with Crippen LogP contribution < -0.4 is 10.1 Å². The maximum Gasteiger partial charge on any atom is 0.290 e. The van der Waals surface area contributed by atoms with Crippen molar-refractivity contribution in [1.29, 1.82) is 0 Å². The van der Waals surface area contributed by atoms with Gasteiger partial charge in [-0.2, -0.15) is 0 Å². The molecule has 37 heavy (non-hydrogen) atoms. The van der Waals surface area contributed by atoms with Gasteiger partial charge in [0.1, 0.15) is 5.75 Å². The van der Waals surface area contributed by atoms with Crippen molar-refractivity contribution in [2.45, 2.75) is 51.6 Å². The van der Waals surface area contributed by atoms with Crippen molar-refractivity contribution >= 4 is 18.9 Å². The monoisotopic (exact) mass is 519 g/mol. The molecule has 3 N–H and O–H groups in total. The largest absolute Gasteiger partial charge is 0.493 e. The van der Waals surface area contributed by atoms with E-state index in [1.165, 1.54) is 11.1 Å². The Balaban J connectivity index is 0.000000580. The van der Waals surface area contributed by atoms with E-state index in [1.807, 2.05) is 0 Å². The summed E-state index contributed by atoms with van der Waals surface area (Å²) in [7, 11) is 0. The quantitative estimate of drug-likeness (QED) is 0.499. The molecule has 1 saturated carbocycles. The summed E-state index contributed by atoms with van der Waals surface area (Å²) in [4.78, 5) is 35.5. The molecule has 0 unspecified atom stereocenters. The highest BCUT2D eigenvalue weighted by Gasteiger charge is 2.52. The Morgan fingerprint density at radius 2 is 1.86 bits per heavy atom. The van der Waals surface area contributed by atoms with Gasteiger partial charge in [-0.3, -0.25) is 19.3 Å². The molecule has 3 atom stereocenters. The van der Waals surface area contributed by atoms with Gasteiger partial charge >= 0.3 is 0 Å². The summed E-state index contributed by atoms with van der Waals surface area (Å²) >= 11 is 0. The number of fused-ring (bicyclic) bond motifs is 2. The third-order valence-corrected chi connectivity index (χ3v) is 8.23. The van der Waals surface area contributed by atoms with Gasteiger partial charge < -0.3 is 29.9 Å². The van der Waals surface area contributed by atoms with E-state index in [2.05, 4.69) is 40.2 Å². The molecule has 1 aliphatic carbocycles. The number of benzene rings is 1. The Labute approximate surface area is 218 Å².